The van der Waals surface area contributed by atoms with E-state index in [0.29, 0.717) is 5.92 Å². The molecule has 1 heterocycles. The zero-order valence-corrected chi connectivity index (χ0v) is 12.0. The summed E-state index contributed by atoms with van der Waals surface area (Å²) >= 11 is 3.71. The summed E-state index contributed by atoms with van der Waals surface area (Å²) in [6.07, 6.45) is 1.81. The zero-order valence-electron chi connectivity index (χ0n) is 10.4. The Balaban J connectivity index is 2.22. The quantitative estimate of drug-likeness (QED) is 0.709. The lowest BCUT2D eigenvalue weighted by molar-refractivity contribution is 0.532. The maximum absolute atomic E-state index is 5.34. The number of hydrogen-bond donors (Lipinski definition) is 0. The Labute approximate surface area is 111 Å². The molecule has 2 aromatic rings. The van der Waals surface area contributed by atoms with Crippen LogP contribution in [0.25, 0.3) is 0 Å². The fourth-order valence-corrected chi connectivity index (χ4v) is 2.38. The Bertz CT molecular complexity index is 482. The second kappa shape index (κ2) is 5.09. The van der Waals surface area contributed by atoms with Crippen molar-refractivity contribution >= 4 is 15.9 Å². The first-order valence-corrected chi connectivity index (χ1v) is 6.78. The largest absolute Gasteiger partial charge is 0.469 e. The molecule has 0 spiro atoms. The van der Waals surface area contributed by atoms with Crippen LogP contribution in [0.5, 0.6) is 0 Å². The van der Waals surface area contributed by atoms with E-state index >= 15 is 0 Å². The van der Waals surface area contributed by atoms with Gasteiger partial charge in [0, 0.05) is 5.56 Å². The van der Waals surface area contributed by atoms with Crippen LogP contribution in [-0.4, -0.2) is 0 Å². The molecule has 17 heavy (non-hydrogen) atoms. The molecule has 0 fully saturated rings. The minimum absolute atomic E-state index is 0.209. The van der Waals surface area contributed by atoms with Crippen molar-refractivity contribution < 1.29 is 4.42 Å². The molecule has 1 nitrogen and oxygen atoms in total. The van der Waals surface area contributed by atoms with E-state index in [2.05, 4.69) is 60.1 Å². The fraction of sp³-hybridized carbons (Fsp3) is 0.333. The highest BCUT2D eigenvalue weighted by Gasteiger charge is 2.12. The summed E-state index contributed by atoms with van der Waals surface area (Å²) in [6, 6.07) is 10.8. The van der Waals surface area contributed by atoms with Gasteiger partial charge < -0.3 is 4.42 Å². The predicted octanol–water partition coefficient (Wildman–Crippen LogP) is 5.20. The third-order valence-corrected chi connectivity index (χ3v) is 4.00. The van der Waals surface area contributed by atoms with Crippen molar-refractivity contribution in [1.82, 2.24) is 0 Å². The van der Waals surface area contributed by atoms with E-state index in [1.807, 2.05) is 13.2 Å². The number of hydrogen-bond acceptors (Lipinski definition) is 1. The van der Waals surface area contributed by atoms with Crippen LogP contribution in [0.4, 0.5) is 0 Å². The number of benzene rings is 1. The minimum atomic E-state index is 0.209. The molecule has 1 unspecified atom stereocenters. The number of rotatable bonds is 3. The summed E-state index contributed by atoms with van der Waals surface area (Å²) in [4.78, 5) is 0.209. The molecule has 0 bridgehead atoms. The van der Waals surface area contributed by atoms with Gasteiger partial charge in [0.25, 0.3) is 0 Å². The minimum Gasteiger partial charge on any atom is -0.469 e. The molecular formula is C15H17BrO. The molecule has 1 atom stereocenters. The SMILES string of the molecule is Cc1cc(C(Br)c2ccc(C(C)C)cc2)co1. The molecular weight excluding hydrogens is 276 g/mol. The normalized spacial score (nSPS) is 13.0. The van der Waals surface area contributed by atoms with Gasteiger partial charge in [-0.1, -0.05) is 54.0 Å². The first-order valence-electron chi connectivity index (χ1n) is 5.87. The van der Waals surface area contributed by atoms with Gasteiger partial charge >= 0.3 is 0 Å². The monoisotopic (exact) mass is 292 g/mol. The molecule has 2 heteroatoms. The van der Waals surface area contributed by atoms with Crippen molar-refractivity contribution in [1.29, 1.82) is 0 Å². The van der Waals surface area contributed by atoms with Gasteiger partial charge in [-0.3, -0.25) is 0 Å². The van der Waals surface area contributed by atoms with Crippen molar-refractivity contribution in [3.05, 3.63) is 59.0 Å². The second-order valence-corrected chi connectivity index (χ2v) is 5.59. The van der Waals surface area contributed by atoms with Crippen molar-refractivity contribution in [3.8, 4) is 0 Å². The third-order valence-electron chi connectivity index (χ3n) is 2.94. The zero-order chi connectivity index (χ0) is 12.4. The molecule has 90 valence electrons. The van der Waals surface area contributed by atoms with Gasteiger partial charge in [-0.05, 0) is 30.0 Å². The van der Waals surface area contributed by atoms with E-state index in [0.717, 1.165) is 5.76 Å². The summed E-state index contributed by atoms with van der Waals surface area (Å²) in [5.41, 5.74) is 3.80. The predicted molar refractivity (Wildman–Crippen MR) is 74.7 cm³/mol. The van der Waals surface area contributed by atoms with E-state index in [1.54, 1.807) is 0 Å². The topological polar surface area (TPSA) is 13.1 Å². The van der Waals surface area contributed by atoms with Gasteiger partial charge in [-0.25, -0.2) is 0 Å². The standard InChI is InChI=1S/C15H17BrO/c1-10(2)12-4-6-13(7-5-12)15(16)14-8-11(3)17-9-14/h4-10,15H,1-3H3. The lowest BCUT2D eigenvalue weighted by Gasteiger charge is -2.10. The highest BCUT2D eigenvalue weighted by atomic mass is 79.9. The average molecular weight is 293 g/mol. The molecule has 0 amide bonds. The van der Waals surface area contributed by atoms with Gasteiger partial charge in [0.2, 0.25) is 0 Å². The molecule has 0 aliphatic carbocycles. The van der Waals surface area contributed by atoms with Gasteiger partial charge in [-0.2, -0.15) is 0 Å². The summed E-state index contributed by atoms with van der Waals surface area (Å²) in [5.74, 6) is 1.53. The van der Waals surface area contributed by atoms with Gasteiger partial charge in [0.15, 0.2) is 0 Å². The summed E-state index contributed by atoms with van der Waals surface area (Å²) in [5, 5.41) is 0. The van der Waals surface area contributed by atoms with Crippen molar-refractivity contribution in [3.63, 3.8) is 0 Å². The van der Waals surface area contributed by atoms with E-state index < -0.39 is 0 Å². The van der Waals surface area contributed by atoms with E-state index in [4.69, 9.17) is 4.42 Å². The second-order valence-electron chi connectivity index (χ2n) is 4.67. The average Bonchev–Trinajstić information content (AvgIpc) is 2.75. The lowest BCUT2D eigenvalue weighted by Crippen LogP contribution is -1.92. The fourth-order valence-electron chi connectivity index (χ4n) is 1.84. The Morgan fingerprint density at radius 3 is 2.06 bits per heavy atom. The Morgan fingerprint density at radius 1 is 1.00 bits per heavy atom. The van der Waals surface area contributed by atoms with Crippen LogP contribution >= 0.6 is 15.9 Å². The van der Waals surface area contributed by atoms with Crippen LogP contribution in [0.15, 0.2) is 41.0 Å². The van der Waals surface area contributed by atoms with Crippen LogP contribution in [-0.2, 0) is 0 Å². The van der Waals surface area contributed by atoms with Crippen LogP contribution in [0, 0.1) is 6.92 Å². The van der Waals surface area contributed by atoms with Crippen molar-refractivity contribution in [2.75, 3.05) is 0 Å². The van der Waals surface area contributed by atoms with Crippen molar-refractivity contribution in [2.24, 2.45) is 0 Å². The van der Waals surface area contributed by atoms with Crippen LogP contribution in [0.2, 0.25) is 0 Å². The summed E-state index contributed by atoms with van der Waals surface area (Å²) in [7, 11) is 0. The molecule has 0 aliphatic heterocycles. The highest BCUT2D eigenvalue weighted by molar-refractivity contribution is 9.09. The van der Waals surface area contributed by atoms with Crippen molar-refractivity contribution in [2.45, 2.75) is 31.5 Å². The van der Waals surface area contributed by atoms with Crippen LogP contribution in [0.1, 0.15) is 47.0 Å². The Kier molecular flexibility index (Phi) is 3.72. The molecule has 0 saturated carbocycles. The number of aryl methyl sites for hydroxylation is 1. The molecule has 0 N–H and O–H groups in total. The Hall–Kier alpha value is -1.02. The number of halogens is 1. The van der Waals surface area contributed by atoms with Crippen LogP contribution < -0.4 is 0 Å². The maximum Gasteiger partial charge on any atom is 0.101 e. The lowest BCUT2D eigenvalue weighted by atomic mass is 9.99. The highest BCUT2D eigenvalue weighted by Crippen LogP contribution is 2.32. The Morgan fingerprint density at radius 2 is 1.59 bits per heavy atom. The first-order chi connectivity index (χ1) is 8.08. The maximum atomic E-state index is 5.34. The smallest absolute Gasteiger partial charge is 0.101 e. The van der Waals surface area contributed by atoms with E-state index in [1.165, 1.54) is 16.7 Å². The van der Waals surface area contributed by atoms with Gasteiger partial charge in [0.1, 0.15) is 5.76 Å². The molecule has 1 aromatic heterocycles. The molecule has 0 saturated heterocycles. The first kappa shape index (κ1) is 12.4. The van der Waals surface area contributed by atoms with Crippen LogP contribution in [0.3, 0.4) is 0 Å². The van der Waals surface area contributed by atoms with Gasteiger partial charge in [0.05, 0.1) is 11.1 Å². The molecule has 0 radical (unpaired) electrons. The molecule has 0 aliphatic rings. The number of furan rings is 1. The van der Waals surface area contributed by atoms with E-state index in [-0.39, 0.29) is 4.83 Å². The number of alkyl halides is 1. The third kappa shape index (κ3) is 2.81. The van der Waals surface area contributed by atoms with E-state index in [9.17, 15) is 0 Å². The summed E-state index contributed by atoms with van der Waals surface area (Å²) < 4.78 is 5.34. The van der Waals surface area contributed by atoms with Gasteiger partial charge in [-0.15, -0.1) is 0 Å². The molecule has 2 rings (SSSR count). The summed E-state index contributed by atoms with van der Waals surface area (Å²) in [6.45, 7) is 6.38. The molecule has 1 aromatic carbocycles.